The molecule has 0 saturated heterocycles. The van der Waals surface area contributed by atoms with Gasteiger partial charge in [-0.3, -0.25) is 4.79 Å². The van der Waals surface area contributed by atoms with Crippen LogP contribution in [0.25, 0.3) is 0 Å². The molecule has 0 unspecified atom stereocenters. The van der Waals surface area contributed by atoms with E-state index in [4.69, 9.17) is 5.73 Å². The molecule has 1 aromatic rings. The summed E-state index contributed by atoms with van der Waals surface area (Å²) < 4.78 is 41.4. The Kier molecular flexibility index (Phi) is 6.99. The summed E-state index contributed by atoms with van der Waals surface area (Å²) in [5, 5.41) is 2.42. The summed E-state index contributed by atoms with van der Waals surface area (Å²) in [5.41, 5.74) is 5.41. The number of amides is 1. The first-order chi connectivity index (χ1) is 9.11. The van der Waals surface area contributed by atoms with E-state index in [0.29, 0.717) is 0 Å². The van der Waals surface area contributed by atoms with Crippen molar-refractivity contribution in [3.05, 3.63) is 24.0 Å². The fourth-order valence-corrected chi connectivity index (χ4v) is 1.38. The van der Waals surface area contributed by atoms with Crippen molar-refractivity contribution in [3.8, 4) is 5.75 Å². The van der Waals surface area contributed by atoms with Gasteiger partial charge < -0.3 is 15.8 Å². The average molecular weight is 327 g/mol. The number of nitrogens with two attached hydrogens (primary N) is 1. The number of rotatable bonds is 4. The molecule has 0 heterocycles. The van der Waals surface area contributed by atoms with Crippen LogP contribution < -0.4 is 15.8 Å². The standard InChI is InChI=1S/C13H17F3N2O2.ClH/c1-13(2,3)10(17)11(19)18-7-4-5-9(8(14)6-7)20-12(15)16;/h4-6,10,12H,17H2,1-3H3,(H,18,19);1H/t10-;/m1./s1. The molecule has 0 aliphatic heterocycles. The second-order valence-corrected chi connectivity index (χ2v) is 5.36. The molecule has 4 nitrogen and oxygen atoms in total. The highest BCUT2D eigenvalue weighted by Gasteiger charge is 2.27. The zero-order valence-electron chi connectivity index (χ0n) is 11.8. The van der Waals surface area contributed by atoms with E-state index >= 15 is 0 Å². The number of halogens is 4. The average Bonchev–Trinajstić information content (AvgIpc) is 2.30. The van der Waals surface area contributed by atoms with Crippen molar-refractivity contribution >= 4 is 24.0 Å². The monoisotopic (exact) mass is 326 g/mol. The molecule has 0 radical (unpaired) electrons. The van der Waals surface area contributed by atoms with Crippen LogP contribution in [0, 0.1) is 11.2 Å². The van der Waals surface area contributed by atoms with Crippen LogP contribution in [0.3, 0.4) is 0 Å². The largest absolute Gasteiger partial charge is 0.432 e. The Bertz CT molecular complexity index is 493. The van der Waals surface area contributed by atoms with Gasteiger partial charge in [0.15, 0.2) is 11.6 Å². The summed E-state index contributed by atoms with van der Waals surface area (Å²) in [7, 11) is 0. The summed E-state index contributed by atoms with van der Waals surface area (Å²) in [5.74, 6) is -2.06. The van der Waals surface area contributed by atoms with E-state index in [0.717, 1.165) is 12.1 Å². The van der Waals surface area contributed by atoms with Gasteiger partial charge in [-0.05, 0) is 17.5 Å². The lowest BCUT2D eigenvalue weighted by Gasteiger charge is -2.25. The first-order valence-electron chi connectivity index (χ1n) is 5.92. The van der Waals surface area contributed by atoms with E-state index < -0.39 is 35.5 Å². The van der Waals surface area contributed by atoms with Gasteiger partial charge in [-0.25, -0.2) is 4.39 Å². The number of ether oxygens (including phenoxy) is 1. The SMILES string of the molecule is CC(C)(C)[C@H](N)C(=O)Nc1ccc(OC(F)F)c(F)c1.Cl. The van der Waals surface area contributed by atoms with Crippen LogP contribution in [0.15, 0.2) is 18.2 Å². The maximum absolute atomic E-state index is 13.5. The van der Waals surface area contributed by atoms with Gasteiger partial charge in [0.1, 0.15) is 0 Å². The Morgan fingerprint density at radius 2 is 1.90 bits per heavy atom. The molecule has 8 heteroatoms. The maximum Gasteiger partial charge on any atom is 0.387 e. The first-order valence-corrected chi connectivity index (χ1v) is 5.92. The molecule has 3 N–H and O–H groups in total. The lowest BCUT2D eigenvalue weighted by Crippen LogP contribution is -2.45. The van der Waals surface area contributed by atoms with Crippen LogP contribution in [0.2, 0.25) is 0 Å². The normalized spacial score (nSPS) is 12.6. The third kappa shape index (κ3) is 5.81. The van der Waals surface area contributed by atoms with Crippen LogP contribution >= 0.6 is 12.4 Å². The molecule has 0 aliphatic carbocycles. The molecular weight excluding hydrogens is 309 g/mol. The van der Waals surface area contributed by atoms with Crippen molar-refractivity contribution in [2.45, 2.75) is 33.4 Å². The molecule has 0 aromatic heterocycles. The fourth-order valence-electron chi connectivity index (χ4n) is 1.38. The molecule has 0 fully saturated rings. The zero-order valence-corrected chi connectivity index (χ0v) is 12.6. The van der Waals surface area contributed by atoms with Gasteiger partial charge >= 0.3 is 6.61 Å². The molecular formula is C13H18ClF3N2O2. The van der Waals surface area contributed by atoms with Gasteiger partial charge in [0.25, 0.3) is 0 Å². The van der Waals surface area contributed by atoms with Gasteiger partial charge in [-0.2, -0.15) is 8.78 Å². The third-order valence-electron chi connectivity index (χ3n) is 2.63. The topological polar surface area (TPSA) is 64.4 Å². The number of hydrogen-bond acceptors (Lipinski definition) is 3. The lowest BCUT2D eigenvalue weighted by molar-refractivity contribution is -0.119. The molecule has 0 saturated carbocycles. The van der Waals surface area contributed by atoms with Crippen molar-refractivity contribution in [1.82, 2.24) is 0 Å². The first kappa shape index (κ1) is 19.5. The van der Waals surface area contributed by atoms with Gasteiger partial charge in [0.05, 0.1) is 6.04 Å². The second kappa shape index (κ2) is 7.51. The minimum absolute atomic E-state index is 0. The van der Waals surface area contributed by atoms with Crippen molar-refractivity contribution in [1.29, 1.82) is 0 Å². The smallest absolute Gasteiger partial charge is 0.387 e. The number of carbonyl (C=O) groups excluding carboxylic acids is 1. The van der Waals surface area contributed by atoms with Crippen LogP contribution in [-0.2, 0) is 4.79 Å². The Morgan fingerprint density at radius 3 is 2.33 bits per heavy atom. The summed E-state index contributed by atoms with van der Waals surface area (Å²) in [6.07, 6.45) is 0. The molecule has 120 valence electrons. The highest BCUT2D eigenvalue weighted by molar-refractivity contribution is 5.95. The van der Waals surface area contributed by atoms with Crippen molar-refractivity contribution in [3.63, 3.8) is 0 Å². The summed E-state index contributed by atoms with van der Waals surface area (Å²) in [6, 6.07) is 2.38. The van der Waals surface area contributed by atoms with E-state index in [9.17, 15) is 18.0 Å². The highest BCUT2D eigenvalue weighted by atomic mass is 35.5. The van der Waals surface area contributed by atoms with Crippen LogP contribution in [0.1, 0.15) is 20.8 Å². The number of hydrogen-bond donors (Lipinski definition) is 2. The van der Waals surface area contributed by atoms with E-state index in [1.165, 1.54) is 6.07 Å². The van der Waals surface area contributed by atoms with Gasteiger partial charge in [-0.15, -0.1) is 12.4 Å². The second-order valence-electron chi connectivity index (χ2n) is 5.36. The molecule has 1 amide bonds. The Hall–Kier alpha value is -1.47. The van der Waals surface area contributed by atoms with Gasteiger partial charge in [0.2, 0.25) is 5.91 Å². The Labute approximate surface area is 127 Å². The number of carbonyl (C=O) groups is 1. The molecule has 1 rings (SSSR count). The lowest BCUT2D eigenvalue weighted by atomic mass is 9.87. The van der Waals surface area contributed by atoms with E-state index in [1.807, 2.05) is 0 Å². The minimum Gasteiger partial charge on any atom is -0.432 e. The molecule has 0 bridgehead atoms. The van der Waals surface area contributed by atoms with Crippen molar-refractivity contribution < 1.29 is 22.7 Å². The minimum atomic E-state index is -3.11. The molecule has 21 heavy (non-hydrogen) atoms. The number of nitrogens with one attached hydrogen (secondary N) is 1. The summed E-state index contributed by atoms with van der Waals surface area (Å²) in [6.45, 7) is 2.26. The van der Waals surface area contributed by atoms with Crippen LogP contribution in [0.4, 0.5) is 18.9 Å². The summed E-state index contributed by atoms with van der Waals surface area (Å²) in [4.78, 5) is 11.8. The molecule has 1 aromatic carbocycles. The third-order valence-corrected chi connectivity index (χ3v) is 2.63. The van der Waals surface area contributed by atoms with E-state index in [-0.39, 0.29) is 18.1 Å². The Balaban J connectivity index is 0.00000400. The van der Waals surface area contributed by atoms with Crippen LogP contribution in [-0.4, -0.2) is 18.6 Å². The predicted octanol–water partition coefficient (Wildman–Crippen LogP) is 3.16. The summed E-state index contributed by atoms with van der Waals surface area (Å²) >= 11 is 0. The number of alkyl halides is 2. The van der Waals surface area contributed by atoms with Crippen molar-refractivity contribution in [2.24, 2.45) is 11.1 Å². The van der Waals surface area contributed by atoms with Gasteiger partial charge in [0, 0.05) is 11.8 Å². The zero-order chi connectivity index (χ0) is 15.5. The molecule has 1 atom stereocenters. The van der Waals surface area contributed by atoms with Crippen molar-refractivity contribution in [2.75, 3.05) is 5.32 Å². The maximum atomic E-state index is 13.5. The van der Waals surface area contributed by atoms with Crippen LogP contribution in [0.5, 0.6) is 5.75 Å². The number of benzene rings is 1. The number of anilines is 1. The van der Waals surface area contributed by atoms with E-state index in [1.54, 1.807) is 20.8 Å². The highest BCUT2D eigenvalue weighted by Crippen LogP contribution is 2.24. The Morgan fingerprint density at radius 1 is 1.33 bits per heavy atom. The molecule has 0 spiro atoms. The van der Waals surface area contributed by atoms with Gasteiger partial charge in [-0.1, -0.05) is 20.8 Å². The fraction of sp³-hybridized carbons (Fsp3) is 0.462. The quantitative estimate of drug-likeness (QED) is 0.893. The molecule has 0 aliphatic rings. The van der Waals surface area contributed by atoms with E-state index in [2.05, 4.69) is 10.1 Å². The predicted molar refractivity (Wildman–Crippen MR) is 76.3 cm³/mol.